The summed E-state index contributed by atoms with van der Waals surface area (Å²) in [5, 5.41) is 4.73. The summed E-state index contributed by atoms with van der Waals surface area (Å²) in [5.74, 6) is 0. The van der Waals surface area contributed by atoms with E-state index >= 15 is 0 Å². The van der Waals surface area contributed by atoms with Crippen LogP contribution in [0.5, 0.6) is 0 Å². The van der Waals surface area contributed by atoms with Crippen molar-refractivity contribution in [1.29, 1.82) is 0 Å². The fourth-order valence-corrected chi connectivity index (χ4v) is 5.20. The maximum atomic E-state index is 6.24. The molecule has 0 fully saturated rings. The van der Waals surface area contributed by atoms with E-state index in [1.807, 2.05) is 36.4 Å². The Morgan fingerprint density at radius 2 is 1.25 bits per heavy atom. The van der Waals surface area contributed by atoms with Crippen LogP contribution in [-0.2, 0) is 0 Å². The summed E-state index contributed by atoms with van der Waals surface area (Å²) in [6.07, 6.45) is 0. The molecule has 4 aromatic carbocycles. The van der Waals surface area contributed by atoms with Crippen molar-refractivity contribution < 1.29 is 0 Å². The number of nitrogens with two attached hydrogens (primary N) is 2. The van der Waals surface area contributed by atoms with E-state index in [1.165, 1.54) is 16.2 Å². The van der Waals surface area contributed by atoms with Crippen LogP contribution in [0.1, 0.15) is 0 Å². The number of hydrogen-bond donors (Lipinski definition) is 2. The molecule has 4 N–H and O–H groups in total. The highest BCUT2D eigenvalue weighted by Crippen LogP contribution is 2.45. The Morgan fingerprint density at radius 3 is 2.04 bits per heavy atom. The Hall–Kier alpha value is -2.30. The summed E-state index contributed by atoms with van der Waals surface area (Å²) in [6, 6.07) is 24.8. The smallest absolute Gasteiger partial charge is 0.0494 e. The molecule has 0 bridgehead atoms. The summed E-state index contributed by atoms with van der Waals surface area (Å²) < 4.78 is 0. The molecule has 4 rings (SSSR count). The molecule has 0 aliphatic rings. The number of benzene rings is 4. The van der Waals surface area contributed by atoms with Gasteiger partial charge in [-0.15, -0.1) is 0 Å². The molecule has 0 heterocycles. The first-order chi connectivity index (χ1) is 11.7. The maximum absolute atomic E-state index is 6.24. The molecule has 4 heteroatoms. The van der Waals surface area contributed by atoms with Gasteiger partial charge in [0.25, 0.3) is 0 Å². The lowest BCUT2D eigenvalue weighted by Crippen LogP contribution is -1.90. The Bertz CT molecular complexity index is 1040. The predicted octanol–water partition coefficient (Wildman–Crippen LogP) is 5.96. The van der Waals surface area contributed by atoms with Gasteiger partial charge < -0.3 is 11.5 Å². The third kappa shape index (κ3) is 2.79. The van der Waals surface area contributed by atoms with Gasteiger partial charge in [0.2, 0.25) is 0 Å². The van der Waals surface area contributed by atoms with E-state index in [0.717, 1.165) is 26.6 Å². The molecular formula is C20H16N2S2. The van der Waals surface area contributed by atoms with Gasteiger partial charge >= 0.3 is 0 Å². The van der Waals surface area contributed by atoms with Gasteiger partial charge in [-0.25, -0.2) is 0 Å². The second-order valence-corrected chi connectivity index (χ2v) is 7.79. The maximum Gasteiger partial charge on any atom is 0.0494 e. The van der Waals surface area contributed by atoms with Crippen molar-refractivity contribution in [3.63, 3.8) is 0 Å². The molecule has 0 aliphatic heterocycles. The topological polar surface area (TPSA) is 52.0 Å². The first-order valence-corrected chi connectivity index (χ1v) is 9.77. The molecule has 0 saturated carbocycles. The second kappa shape index (κ2) is 6.30. The van der Waals surface area contributed by atoms with E-state index in [4.69, 9.17) is 11.5 Å². The minimum atomic E-state index is 0.796. The molecule has 0 amide bonds. The van der Waals surface area contributed by atoms with Gasteiger partial charge in [0.1, 0.15) is 0 Å². The molecule has 0 saturated heterocycles. The Labute approximate surface area is 148 Å². The lowest BCUT2D eigenvalue weighted by molar-refractivity contribution is 1.51. The molecular weight excluding hydrogens is 332 g/mol. The van der Waals surface area contributed by atoms with Crippen LogP contribution < -0.4 is 11.5 Å². The zero-order valence-electron chi connectivity index (χ0n) is 12.9. The highest BCUT2D eigenvalue weighted by molar-refractivity contribution is 8.76. The van der Waals surface area contributed by atoms with Crippen LogP contribution in [0.15, 0.2) is 82.6 Å². The van der Waals surface area contributed by atoms with Crippen molar-refractivity contribution in [2.75, 3.05) is 11.5 Å². The van der Waals surface area contributed by atoms with Crippen molar-refractivity contribution in [1.82, 2.24) is 0 Å². The number of rotatable bonds is 3. The minimum Gasteiger partial charge on any atom is -0.398 e. The van der Waals surface area contributed by atoms with Crippen molar-refractivity contribution in [3.05, 3.63) is 72.8 Å². The molecule has 118 valence electrons. The van der Waals surface area contributed by atoms with E-state index in [0.29, 0.717) is 0 Å². The van der Waals surface area contributed by atoms with Gasteiger partial charge in [-0.3, -0.25) is 0 Å². The lowest BCUT2D eigenvalue weighted by atomic mass is 10.1. The monoisotopic (exact) mass is 348 g/mol. The van der Waals surface area contributed by atoms with Crippen LogP contribution >= 0.6 is 21.6 Å². The van der Waals surface area contributed by atoms with Crippen LogP contribution in [0.2, 0.25) is 0 Å². The van der Waals surface area contributed by atoms with E-state index in [-0.39, 0.29) is 0 Å². The summed E-state index contributed by atoms with van der Waals surface area (Å²) in [7, 11) is 3.32. The van der Waals surface area contributed by atoms with E-state index in [1.54, 1.807) is 21.6 Å². The lowest BCUT2D eigenvalue weighted by Gasteiger charge is -2.11. The summed E-state index contributed by atoms with van der Waals surface area (Å²) in [5.41, 5.74) is 14.0. The van der Waals surface area contributed by atoms with Gasteiger partial charge in [-0.2, -0.15) is 0 Å². The van der Waals surface area contributed by atoms with Gasteiger partial charge in [-0.1, -0.05) is 65.4 Å². The van der Waals surface area contributed by atoms with E-state index < -0.39 is 0 Å². The van der Waals surface area contributed by atoms with Crippen molar-refractivity contribution >= 4 is 54.5 Å². The predicted molar refractivity (Wildman–Crippen MR) is 108 cm³/mol. The fraction of sp³-hybridized carbons (Fsp3) is 0. The first-order valence-electron chi connectivity index (χ1n) is 7.62. The second-order valence-electron chi connectivity index (χ2n) is 5.61. The van der Waals surface area contributed by atoms with Crippen LogP contribution in [0, 0.1) is 0 Å². The van der Waals surface area contributed by atoms with Gasteiger partial charge in [0.05, 0.1) is 0 Å². The standard InChI is InChI=1S/C20H16N2S2/c21-17-10-9-13-5-3-4-8-16(13)20(17)24-23-19-12-15-7-2-1-6-14(15)11-18(19)22/h1-12H,21-22H2. The third-order valence-electron chi connectivity index (χ3n) is 4.00. The summed E-state index contributed by atoms with van der Waals surface area (Å²) >= 11 is 0. The van der Waals surface area contributed by atoms with Crippen molar-refractivity contribution in [3.8, 4) is 0 Å². The van der Waals surface area contributed by atoms with Crippen LogP contribution in [-0.4, -0.2) is 0 Å². The molecule has 4 aromatic rings. The molecule has 24 heavy (non-hydrogen) atoms. The largest absolute Gasteiger partial charge is 0.398 e. The Balaban J connectivity index is 1.71. The molecule has 0 radical (unpaired) electrons. The Morgan fingerprint density at radius 1 is 0.583 bits per heavy atom. The highest BCUT2D eigenvalue weighted by Gasteiger charge is 2.09. The average molecular weight is 348 g/mol. The summed E-state index contributed by atoms with van der Waals surface area (Å²) in [4.78, 5) is 2.15. The molecule has 0 aromatic heterocycles. The normalized spacial score (nSPS) is 11.2. The van der Waals surface area contributed by atoms with E-state index in [2.05, 4.69) is 36.4 Å². The van der Waals surface area contributed by atoms with Crippen LogP contribution in [0.3, 0.4) is 0 Å². The van der Waals surface area contributed by atoms with Crippen molar-refractivity contribution in [2.45, 2.75) is 9.79 Å². The average Bonchev–Trinajstić information content (AvgIpc) is 2.61. The molecule has 2 nitrogen and oxygen atoms in total. The number of hydrogen-bond acceptors (Lipinski definition) is 4. The summed E-state index contributed by atoms with van der Waals surface area (Å²) in [6.45, 7) is 0. The Kier molecular flexibility index (Phi) is 4.00. The zero-order chi connectivity index (χ0) is 16.5. The molecule has 0 spiro atoms. The van der Waals surface area contributed by atoms with Crippen molar-refractivity contribution in [2.24, 2.45) is 0 Å². The third-order valence-corrected chi connectivity index (χ3v) is 6.53. The number of anilines is 2. The fourth-order valence-electron chi connectivity index (χ4n) is 2.75. The van der Waals surface area contributed by atoms with Gasteiger partial charge in [0.15, 0.2) is 0 Å². The molecule has 0 atom stereocenters. The van der Waals surface area contributed by atoms with Gasteiger partial charge in [-0.05, 0) is 50.5 Å². The van der Waals surface area contributed by atoms with Crippen LogP contribution in [0.4, 0.5) is 11.4 Å². The zero-order valence-corrected chi connectivity index (χ0v) is 14.5. The first kappa shape index (κ1) is 15.2. The number of fused-ring (bicyclic) bond motifs is 2. The van der Waals surface area contributed by atoms with Crippen LogP contribution in [0.25, 0.3) is 21.5 Å². The molecule has 0 unspecified atom stereocenters. The minimum absolute atomic E-state index is 0.796. The quantitative estimate of drug-likeness (QED) is 0.354. The van der Waals surface area contributed by atoms with Gasteiger partial charge in [0, 0.05) is 21.2 Å². The molecule has 0 aliphatic carbocycles. The number of nitrogen functional groups attached to an aromatic ring is 2. The SMILES string of the molecule is Nc1cc2ccccc2cc1SSc1c(N)ccc2ccccc12. The highest BCUT2D eigenvalue weighted by atomic mass is 33.1. The van der Waals surface area contributed by atoms with E-state index in [9.17, 15) is 0 Å².